The minimum absolute atomic E-state index is 0.0768. The summed E-state index contributed by atoms with van der Waals surface area (Å²) in [4.78, 5) is 15.5. The van der Waals surface area contributed by atoms with Gasteiger partial charge in [0.25, 0.3) is 5.91 Å². The van der Waals surface area contributed by atoms with E-state index in [-0.39, 0.29) is 5.82 Å². The first-order valence-electron chi connectivity index (χ1n) is 5.19. The molecule has 0 unspecified atom stereocenters. The van der Waals surface area contributed by atoms with Gasteiger partial charge in [0.2, 0.25) is 5.82 Å². The molecule has 0 atom stereocenters. The van der Waals surface area contributed by atoms with Gasteiger partial charge in [-0.2, -0.15) is 4.39 Å². The van der Waals surface area contributed by atoms with Crippen molar-refractivity contribution in [2.45, 2.75) is 0 Å². The van der Waals surface area contributed by atoms with E-state index in [4.69, 9.17) is 5.11 Å². The highest BCUT2D eigenvalue weighted by Crippen LogP contribution is 2.26. The van der Waals surface area contributed by atoms with E-state index in [1.807, 2.05) is 0 Å². The lowest BCUT2D eigenvalue weighted by molar-refractivity contribution is 0.102. The van der Waals surface area contributed by atoms with Crippen LogP contribution in [0.5, 0.6) is 5.75 Å². The lowest BCUT2D eigenvalue weighted by Gasteiger charge is -2.07. The summed E-state index contributed by atoms with van der Waals surface area (Å²) < 4.78 is 40.1. The van der Waals surface area contributed by atoms with Gasteiger partial charge in [-0.3, -0.25) is 4.79 Å². The van der Waals surface area contributed by atoms with Crippen molar-refractivity contribution in [3.8, 4) is 5.75 Å². The average Bonchev–Trinajstić information content (AvgIpc) is 2.40. The molecular weight excluding hydrogens is 341 g/mol. The monoisotopic (exact) mass is 346 g/mol. The molecule has 1 heterocycles. The van der Waals surface area contributed by atoms with Gasteiger partial charge in [0.15, 0.2) is 17.4 Å². The Kier molecular flexibility index (Phi) is 3.93. The van der Waals surface area contributed by atoms with Crippen molar-refractivity contribution in [3.05, 3.63) is 51.9 Å². The highest BCUT2D eigenvalue weighted by Gasteiger charge is 2.22. The van der Waals surface area contributed by atoms with E-state index < -0.39 is 34.7 Å². The third-order valence-corrected chi connectivity index (χ3v) is 2.83. The number of halogens is 4. The molecule has 2 N–H and O–H groups in total. The summed E-state index contributed by atoms with van der Waals surface area (Å²) in [5, 5.41) is 11.2. The number of phenols is 1. The van der Waals surface area contributed by atoms with Crippen LogP contribution in [0.15, 0.2) is 28.9 Å². The Morgan fingerprint density at radius 1 is 1.25 bits per heavy atom. The quantitative estimate of drug-likeness (QED) is 0.820. The van der Waals surface area contributed by atoms with Crippen molar-refractivity contribution in [2.24, 2.45) is 0 Å². The second-order valence-corrected chi connectivity index (χ2v) is 4.61. The molecule has 0 spiro atoms. The molecule has 0 aliphatic carbocycles. The van der Waals surface area contributed by atoms with Crippen molar-refractivity contribution >= 4 is 27.7 Å². The van der Waals surface area contributed by atoms with Crippen LogP contribution in [0.1, 0.15) is 10.4 Å². The molecule has 2 aromatic rings. The number of amides is 1. The lowest BCUT2D eigenvalue weighted by atomic mass is 10.1. The van der Waals surface area contributed by atoms with E-state index in [0.717, 1.165) is 0 Å². The van der Waals surface area contributed by atoms with Crippen molar-refractivity contribution in [1.29, 1.82) is 0 Å². The summed E-state index contributed by atoms with van der Waals surface area (Å²) in [6.07, 6.45) is 1.37. The van der Waals surface area contributed by atoms with E-state index in [1.165, 1.54) is 12.3 Å². The Morgan fingerprint density at radius 2 is 1.95 bits per heavy atom. The molecule has 0 aliphatic rings. The Morgan fingerprint density at radius 3 is 2.60 bits per heavy atom. The maximum absolute atomic E-state index is 13.5. The fraction of sp³-hybridized carbons (Fsp3) is 0. The second-order valence-electron chi connectivity index (χ2n) is 3.70. The summed E-state index contributed by atoms with van der Waals surface area (Å²) in [6.45, 7) is 0. The van der Waals surface area contributed by atoms with Gasteiger partial charge in [0.1, 0.15) is 5.82 Å². The number of aromatic hydroxyl groups is 1. The normalized spacial score (nSPS) is 10.4. The van der Waals surface area contributed by atoms with Gasteiger partial charge in [-0.15, -0.1) is 0 Å². The molecule has 1 amide bonds. The van der Waals surface area contributed by atoms with Crippen LogP contribution in [0.25, 0.3) is 0 Å². The van der Waals surface area contributed by atoms with Crippen LogP contribution in [-0.2, 0) is 0 Å². The van der Waals surface area contributed by atoms with Crippen LogP contribution in [0.3, 0.4) is 0 Å². The molecule has 1 aromatic carbocycles. The van der Waals surface area contributed by atoms with Gasteiger partial charge in [0, 0.05) is 10.7 Å². The second kappa shape index (κ2) is 5.49. The number of rotatable bonds is 2. The Balaban J connectivity index is 2.35. The number of nitrogens with one attached hydrogen (secondary N) is 1. The number of anilines is 1. The predicted molar refractivity (Wildman–Crippen MR) is 67.9 cm³/mol. The van der Waals surface area contributed by atoms with Gasteiger partial charge in [-0.05, 0) is 18.2 Å². The topological polar surface area (TPSA) is 62.2 Å². The molecule has 0 radical (unpaired) electrons. The van der Waals surface area contributed by atoms with Crippen LogP contribution in [0, 0.1) is 17.5 Å². The van der Waals surface area contributed by atoms with E-state index in [0.29, 0.717) is 10.5 Å². The zero-order valence-corrected chi connectivity index (χ0v) is 11.2. The molecule has 0 aliphatic heterocycles. The van der Waals surface area contributed by atoms with Crippen LogP contribution >= 0.6 is 15.9 Å². The first-order chi connectivity index (χ1) is 9.40. The number of carbonyl (C=O) groups excluding carboxylic acids is 1. The smallest absolute Gasteiger partial charge is 0.260 e. The van der Waals surface area contributed by atoms with E-state index in [2.05, 4.69) is 26.2 Å². The van der Waals surface area contributed by atoms with Crippen LogP contribution in [0.4, 0.5) is 19.0 Å². The summed E-state index contributed by atoms with van der Waals surface area (Å²) in [5.41, 5.74) is -0.830. The number of aromatic nitrogens is 1. The highest BCUT2D eigenvalue weighted by atomic mass is 79.9. The molecular formula is C12H6BrF3N2O2. The van der Waals surface area contributed by atoms with Crippen LogP contribution < -0.4 is 5.32 Å². The van der Waals surface area contributed by atoms with Crippen LogP contribution in [0.2, 0.25) is 0 Å². The average molecular weight is 347 g/mol. The van der Waals surface area contributed by atoms with E-state index in [9.17, 15) is 18.0 Å². The molecule has 20 heavy (non-hydrogen) atoms. The maximum atomic E-state index is 13.5. The summed E-state index contributed by atoms with van der Waals surface area (Å²) >= 11 is 3.14. The number of pyridine rings is 1. The van der Waals surface area contributed by atoms with Crippen molar-refractivity contribution in [2.75, 3.05) is 5.32 Å². The standard InChI is InChI=1S/C12H6BrF3N2O2/c13-5-1-2-17-8(3-5)18-12(20)6-4-7(14)10(16)11(19)9(6)15/h1-4,19H,(H,17,18,20). The van der Waals surface area contributed by atoms with Crippen molar-refractivity contribution in [1.82, 2.24) is 4.98 Å². The number of hydrogen-bond donors (Lipinski definition) is 2. The molecule has 4 nitrogen and oxygen atoms in total. The van der Waals surface area contributed by atoms with Gasteiger partial charge in [-0.1, -0.05) is 15.9 Å². The Labute approximate surface area is 119 Å². The minimum Gasteiger partial charge on any atom is -0.503 e. The summed E-state index contributed by atoms with van der Waals surface area (Å²) in [6, 6.07) is 3.38. The first-order valence-corrected chi connectivity index (χ1v) is 5.99. The Bertz CT molecular complexity index is 695. The van der Waals surface area contributed by atoms with Gasteiger partial charge in [-0.25, -0.2) is 13.8 Å². The molecule has 0 saturated heterocycles. The van der Waals surface area contributed by atoms with Gasteiger partial charge in [0.05, 0.1) is 5.56 Å². The molecule has 2 rings (SSSR count). The zero-order valence-electron chi connectivity index (χ0n) is 9.62. The molecule has 0 fully saturated rings. The van der Waals surface area contributed by atoms with Gasteiger partial charge < -0.3 is 10.4 Å². The predicted octanol–water partition coefficient (Wildman–Crippen LogP) is 3.22. The molecule has 1 aromatic heterocycles. The largest absolute Gasteiger partial charge is 0.503 e. The first kappa shape index (κ1) is 14.3. The summed E-state index contributed by atoms with van der Waals surface area (Å²) in [7, 11) is 0. The third-order valence-electron chi connectivity index (χ3n) is 2.34. The summed E-state index contributed by atoms with van der Waals surface area (Å²) in [5.74, 6) is -7.36. The van der Waals surface area contributed by atoms with Crippen molar-refractivity contribution in [3.63, 3.8) is 0 Å². The van der Waals surface area contributed by atoms with Crippen LogP contribution in [-0.4, -0.2) is 16.0 Å². The molecule has 104 valence electrons. The minimum atomic E-state index is -1.75. The number of phenolic OH excluding ortho intramolecular Hbond substituents is 1. The number of nitrogens with zero attached hydrogens (tertiary/aromatic N) is 1. The fourth-order valence-corrected chi connectivity index (χ4v) is 1.75. The molecule has 0 bridgehead atoms. The number of carbonyl (C=O) groups is 1. The SMILES string of the molecule is O=C(Nc1cc(Br)ccn1)c1cc(F)c(F)c(O)c1F. The van der Waals surface area contributed by atoms with Gasteiger partial charge >= 0.3 is 0 Å². The lowest BCUT2D eigenvalue weighted by Crippen LogP contribution is -2.15. The van der Waals surface area contributed by atoms with E-state index >= 15 is 0 Å². The van der Waals surface area contributed by atoms with E-state index in [1.54, 1.807) is 6.07 Å². The molecule has 8 heteroatoms. The fourth-order valence-electron chi connectivity index (χ4n) is 1.41. The maximum Gasteiger partial charge on any atom is 0.260 e. The number of benzene rings is 1. The highest BCUT2D eigenvalue weighted by molar-refractivity contribution is 9.10. The van der Waals surface area contributed by atoms with Crippen molar-refractivity contribution < 1.29 is 23.1 Å². The number of hydrogen-bond acceptors (Lipinski definition) is 3. The third kappa shape index (κ3) is 2.74. The Hall–Kier alpha value is -2.09. The molecule has 0 saturated carbocycles. The zero-order chi connectivity index (χ0) is 14.9.